The molecule has 0 amide bonds. The minimum atomic E-state index is -4.00. The summed E-state index contributed by atoms with van der Waals surface area (Å²) in [5.74, 6) is -1.25. The molecule has 1 N–H and O–H groups in total. The third-order valence-corrected chi connectivity index (χ3v) is 3.59. The Morgan fingerprint density at radius 2 is 2.12 bits per heavy atom. The number of carbonyl (C=O) groups is 1. The molecule has 0 aliphatic carbocycles. The first kappa shape index (κ1) is 14.3. The van der Waals surface area contributed by atoms with Gasteiger partial charge in [-0.15, -0.1) is 0 Å². The largest absolute Gasteiger partial charge is 0.480 e. The van der Waals surface area contributed by atoms with Crippen LogP contribution in [0.25, 0.3) is 0 Å². The number of ether oxygens (including phenoxy) is 1. The maximum absolute atomic E-state index is 11.3. The molecule has 0 fully saturated rings. The van der Waals surface area contributed by atoms with Crippen LogP contribution in [0.2, 0.25) is 0 Å². The minimum absolute atomic E-state index is 0.0504. The molecule has 0 radical (unpaired) electrons. The lowest BCUT2D eigenvalue weighted by Gasteiger charge is -2.11. The number of benzene rings is 1. The Labute approximate surface area is 111 Å². The summed E-state index contributed by atoms with van der Waals surface area (Å²) in [5.41, 5.74) is 0.472. The van der Waals surface area contributed by atoms with Gasteiger partial charge in [0.2, 0.25) is 0 Å². The van der Waals surface area contributed by atoms with Crippen molar-refractivity contribution >= 4 is 41.6 Å². The zero-order valence-electron chi connectivity index (χ0n) is 8.61. The third-order valence-electron chi connectivity index (χ3n) is 1.81. The SMILES string of the molecule is Cc1cc(Br)cc(S(=O)(=O)Cl)c1OCC(=O)O. The number of carboxylic acid groups (broad SMARTS) is 1. The topological polar surface area (TPSA) is 80.7 Å². The fourth-order valence-corrected chi connectivity index (χ4v) is 2.98. The lowest BCUT2D eigenvalue weighted by Crippen LogP contribution is -2.12. The highest BCUT2D eigenvalue weighted by Gasteiger charge is 2.20. The minimum Gasteiger partial charge on any atom is -0.480 e. The Balaban J connectivity index is 3.31. The Bertz CT molecular complexity index is 555. The summed E-state index contributed by atoms with van der Waals surface area (Å²) in [5, 5.41) is 8.50. The molecule has 0 aliphatic rings. The maximum Gasteiger partial charge on any atom is 0.341 e. The fraction of sp³-hybridized carbons (Fsp3) is 0.222. The van der Waals surface area contributed by atoms with Gasteiger partial charge in [0.25, 0.3) is 9.05 Å². The molecule has 0 saturated carbocycles. The summed E-state index contributed by atoms with van der Waals surface area (Å²) < 4.78 is 28.1. The molecular formula is C9H8BrClO5S. The van der Waals surface area contributed by atoms with Gasteiger partial charge in [0.15, 0.2) is 6.61 Å². The van der Waals surface area contributed by atoms with Crippen molar-refractivity contribution in [1.29, 1.82) is 0 Å². The number of halogens is 2. The van der Waals surface area contributed by atoms with Crippen molar-refractivity contribution in [3.05, 3.63) is 22.2 Å². The van der Waals surface area contributed by atoms with Crippen molar-refractivity contribution in [3.63, 3.8) is 0 Å². The lowest BCUT2D eigenvalue weighted by molar-refractivity contribution is -0.139. The first-order valence-corrected chi connectivity index (χ1v) is 7.41. The normalized spacial score (nSPS) is 11.2. The molecule has 0 saturated heterocycles. The second-order valence-electron chi connectivity index (χ2n) is 3.17. The molecule has 94 valence electrons. The molecule has 1 aromatic rings. The van der Waals surface area contributed by atoms with Crippen LogP contribution in [-0.2, 0) is 13.8 Å². The van der Waals surface area contributed by atoms with E-state index in [1.807, 2.05) is 0 Å². The Morgan fingerprint density at radius 1 is 1.53 bits per heavy atom. The molecule has 1 aromatic carbocycles. The van der Waals surface area contributed by atoms with E-state index in [9.17, 15) is 13.2 Å². The van der Waals surface area contributed by atoms with Crippen LogP contribution in [-0.4, -0.2) is 26.1 Å². The molecule has 5 nitrogen and oxygen atoms in total. The van der Waals surface area contributed by atoms with Gasteiger partial charge in [-0.2, -0.15) is 0 Å². The van der Waals surface area contributed by atoms with E-state index < -0.39 is 21.6 Å². The number of aliphatic carboxylic acids is 1. The van der Waals surface area contributed by atoms with Crippen LogP contribution in [0.3, 0.4) is 0 Å². The fourth-order valence-electron chi connectivity index (χ4n) is 1.20. The summed E-state index contributed by atoms with van der Waals surface area (Å²) in [7, 11) is 1.24. The zero-order chi connectivity index (χ0) is 13.2. The maximum atomic E-state index is 11.3. The van der Waals surface area contributed by atoms with Gasteiger partial charge in [-0.1, -0.05) is 15.9 Å². The van der Waals surface area contributed by atoms with E-state index in [0.29, 0.717) is 10.0 Å². The molecule has 0 atom stereocenters. The Hall–Kier alpha value is -0.790. The van der Waals surface area contributed by atoms with E-state index in [4.69, 9.17) is 20.5 Å². The van der Waals surface area contributed by atoms with Crippen molar-refractivity contribution < 1.29 is 23.1 Å². The number of hydrogen-bond donors (Lipinski definition) is 1. The lowest BCUT2D eigenvalue weighted by atomic mass is 10.2. The third kappa shape index (κ3) is 3.86. The highest BCUT2D eigenvalue weighted by Crippen LogP contribution is 2.33. The van der Waals surface area contributed by atoms with Gasteiger partial charge in [0.05, 0.1) is 0 Å². The van der Waals surface area contributed by atoms with E-state index in [0.717, 1.165) is 0 Å². The second-order valence-corrected chi connectivity index (χ2v) is 6.62. The van der Waals surface area contributed by atoms with Crippen LogP contribution in [0.15, 0.2) is 21.5 Å². The summed E-state index contributed by atoms with van der Waals surface area (Å²) in [4.78, 5) is 10.1. The molecule has 0 aliphatic heterocycles. The zero-order valence-corrected chi connectivity index (χ0v) is 11.8. The Kier molecular flexibility index (Phi) is 4.40. The second kappa shape index (κ2) is 5.24. The van der Waals surface area contributed by atoms with Gasteiger partial charge in [-0.05, 0) is 24.6 Å². The van der Waals surface area contributed by atoms with Crippen molar-refractivity contribution in [2.45, 2.75) is 11.8 Å². The van der Waals surface area contributed by atoms with Gasteiger partial charge in [-0.25, -0.2) is 13.2 Å². The van der Waals surface area contributed by atoms with Crippen molar-refractivity contribution in [2.24, 2.45) is 0 Å². The van der Waals surface area contributed by atoms with Crippen LogP contribution in [0.1, 0.15) is 5.56 Å². The highest BCUT2D eigenvalue weighted by atomic mass is 79.9. The van der Waals surface area contributed by atoms with Crippen molar-refractivity contribution in [1.82, 2.24) is 0 Å². The molecular weight excluding hydrogens is 336 g/mol. The van der Waals surface area contributed by atoms with Crippen LogP contribution < -0.4 is 4.74 Å². The van der Waals surface area contributed by atoms with Gasteiger partial charge in [-0.3, -0.25) is 0 Å². The average Bonchev–Trinajstić information content (AvgIpc) is 2.13. The first-order chi connectivity index (χ1) is 7.71. The number of aryl methyl sites for hydroxylation is 1. The van der Waals surface area contributed by atoms with E-state index >= 15 is 0 Å². The molecule has 0 aromatic heterocycles. The number of rotatable bonds is 4. The van der Waals surface area contributed by atoms with E-state index in [1.165, 1.54) is 6.07 Å². The number of carboxylic acids is 1. The van der Waals surface area contributed by atoms with E-state index in [2.05, 4.69) is 15.9 Å². The average molecular weight is 344 g/mol. The van der Waals surface area contributed by atoms with Crippen LogP contribution in [0.5, 0.6) is 5.75 Å². The number of hydrogen-bond acceptors (Lipinski definition) is 4. The van der Waals surface area contributed by atoms with Crippen LogP contribution >= 0.6 is 26.6 Å². The van der Waals surface area contributed by atoms with Gasteiger partial charge >= 0.3 is 5.97 Å². The van der Waals surface area contributed by atoms with Gasteiger partial charge in [0, 0.05) is 15.2 Å². The standard InChI is InChI=1S/C9H8BrClO5S/c1-5-2-6(10)3-7(17(11,14)15)9(5)16-4-8(12)13/h2-3H,4H2,1H3,(H,12,13). The molecule has 1 rings (SSSR count). The summed E-state index contributed by atoms with van der Waals surface area (Å²) in [6.45, 7) is 0.954. The predicted octanol–water partition coefficient (Wildman–Crippen LogP) is 2.15. The molecule has 0 unspecified atom stereocenters. The summed E-state index contributed by atoms with van der Waals surface area (Å²) in [6.07, 6.45) is 0. The first-order valence-electron chi connectivity index (χ1n) is 4.31. The smallest absolute Gasteiger partial charge is 0.341 e. The molecule has 0 heterocycles. The summed E-state index contributed by atoms with van der Waals surface area (Å²) in [6, 6.07) is 2.86. The van der Waals surface area contributed by atoms with E-state index in [1.54, 1.807) is 13.0 Å². The predicted molar refractivity (Wildman–Crippen MR) is 65.0 cm³/mol. The summed E-state index contributed by atoms with van der Waals surface area (Å²) >= 11 is 3.12. The van der Waals surface area contributed by atoms with Crippen LogP contribution in [0.4, 0.5) is 0 Å². The van der Waals surface area contributed by atoms with Crippen molar-refractivity contribution in [3.8, 4) is 5.75 Å². The molecule has 0 bridgehead atoms. The molecule has 0 spiro atoms. The van der Waals surface area contributed by atoms with E-state index in [-0.39, 0.29) is 10.6 Å². The van der Waals surface area contributed by atoms with Gasteiger partial charge in [0.1, 0.15) is 10.6 Å². The monoisotopic (exact) mass is 342 g/mol. The molecule has 17 heavy (non-hydrogen) atoms. The Morgan fingerprint density at radius 3 is 2.59 bits per heavy atom. The quantitative estimate of drug-likeness (QED) is 0.847. The van der Waals surface area contributed by atoms with Gasteiger partial charge < -0.3 is 9.84 Å². The highest BCUT2D eigenvalue weighted by molar-refractivity contribution is 9.10. The van der Waals surface area contributed by atoms with Crippen LogP contribution in [0, 0.1) is 6.92 Å². The van der Waals surface area contributed by atoms with Crippen molar-refractivity contribution in [2.75, 3.05) is 6.61 Å². The molecule has 8 heteroatoms.